The van der Waals surface area contributed by atoms with E-state index in [2.05, 4.69) is 0 Å². The van der Waals surface area contributed by atoms with E-state index in [9.17, 15) is 9.18 Å². The van der Waals surface area contributed by atoms with Crippen molar-refractivity contribution in [1.29, 1.82) is 0 Å². The van der Waals surface area contributed by atoms with E-state index < -0.39 is 5.82 Å². The molecule has 1 aliphatic heterocycles. The van der Waals surface area contributed by atoms with Gasteiger partial charge in [-0.15, -0.1) is 0 Å². The van der Waals surface area contributed by atoms with Crippen LogP contribution in [0.25, 0.3) is 0 Å². The number of amides is 1. The summed E-state index contributed by atoms with van der Waals surface area (Å²) in [5.74, 6) is 0.00298. The van der Waals surface area contributed by atoms with E-state index in [1.807, 2.05) is 0 Å². The van der Waals surface area contributed by atoms with Gasteiger partial charge < -0.3 is 15.4 Å². The Morgan fingerprint density at radius 3 is 2.94 bits per heavy atom. The second-order valence-electron chi connectivity index (χ2n) is 3.59. The molecule has 0 spiro atoms. The third-order valence-electron chi connectivity index (χ3n) is 2.66. The van der Waals surface area contributed by atoms with Crippen LogP contribution in [0.2, 0.25) is 0 Å². The van der Waals surface area contributed by atoms with Crippen LogP contribution >= 0.6 is 0 Å². The SMILES string of the molecule is COc1ccc(F)c2c1CC(=O)N2CCN. The summed E-state index contributed by atoms with van der Waals surface area (Å²) < 4.78 is 18.8. The summed E-state index contributed by atoms with van der Waals surface area (Å²) in [5.41, 5.74) is 6.33. The zero-order valence-corrected chi connectivity index (χ0v) is 9.00. The molecule has 0 radical (unpaired) electrons. The van der Waals surface area contributed by atoms with Crippen LogP contribution in [-0.4, -0.2) is 26.1 Å². The zero-order valence-electron chi connectivity index (χ0n) is 9.00. The normalized spacial score (nSPS) is 14.2. The number of fused-ring (bicyclic) bond motifs is 1. The fourth-order valence-corrected chi connectivity index (χ4v) is 1.98. The van der Waals surface area contributed by atoms with Gasteiger partial charge in [0, 0.05) is 18.7 Å². The van der Waals surface area contributed by atoms with Crippen molar-refractivity contribution < 1.29 is 13.9 Å². The molecule has 2 rings (SSSR count). The number of nitrogens with zero attached hydrogens (tertiary/aromatic N) is 1. The number of hydrogen-bond donors (Lipinski definition) is 1. The van der Waals surface area contributed by atoms with Gasteiger partial charge in [-0.25, -0.2) is 4.39 Å². The minimum atomic E-state index is -0.407. The molecule has 0 saturated carbocycles. The Morgan fingerprint density at radius 1 is 1.56 bits per heavy atom. The fraction of sp³-hybridized carbons (Fsp3) is 0.364. The Morgan fingerprint density at radius 2 is 2.31 bits per heavy atom. The molecule has 2 N–H and O–H groups in total. The lowest BCUT2D eigenvalue weighted by molar-refractivity contribution is -0.117. The largest absolute Gasteiger partial charge is 0.496 e. The van der Waals surface area contributed by atoms with Crippen molar-refractivity contribution in [2.75, 3.05) is 25.1 Å². The maximum Gasteiger partial charge on any atom is 0.231 e. The van der Waals surface area contributed by atoms with Gasteiger partial charge >= 0.3 is 0 Å². The number of carbonyl (C=O) groups excluding carboxylic acids is 1. The summed E-state index contributed by atoms with van der Waals surface area (Å²) in [6, 6.07) is 2.84. The number of nitrogens with two attached hydrogens (primary N) is 1. The number of ether oxygens (including phenoxy) is 1. The number of carbonyl (C=O) groups is 1. The molecule has 0 fully saturated rings. The van der Waals surface area contributed by atoms with Gasteiger partial charge in [-0.1, -0.05) is 0 Å². The summed E-state index contributed by atoms with van der Waals surface area (Å²) >= 11 is 0. The highest BCUT2D eigenvalue weighted by Gasteiger charge is 2.32. The molecule has 86 valence electrons. The number of anilines is 1. The van der Waals surface area contributed by atoms with Gasteiger partial charge in [0.2, 0.25) is 5.91 Å². The lowest BCUT2D eigenvalue weighted by atomic mass is 10.1. The zero-order chi connectivity index (χ0) is 11.7. The van der Waals surface area contributed by atoms with Gasteiger partial charge in [-0.3, -0.25) is 4.79 Å². The molecule has 0 saturated heterocycles. The third kappa shape index (κ3) is 1.53. The average Bonchev–Trinajstić information content (AvgIpc) is 2.58. The summed E-state index contributed by atoms with van der Waals surface area (Å²) in [6.07, 6.45) is 0.177. The quantitative estimate of drug-likeness (QED) is 0.821. The molecular formula is C11H13FN2O2. The number of halogens is 1. The van der Waals surface area contributed by atoms with Crippen LogP contribution in [0.1, 0.15) is 5.56 Å². The Labute approximate surface area is 92.8 Å². The molecule has 1 aromatic carbocycles. The first kappa shape index (κ1) is 10.9. The summed E-state index contributed by atoms with van der Waals surface area (Å²) in [6.45, 7) is 0.637. The van der Waals surface area contributed by atoms with Gasteiger partial charge in [0.1, 0.15) is 11.6 Å². The van der Waals surface area contributed by atoms with Crippen molar-refractivity contribution in [1.82, 2.24) is 0 Å². The average molecular weight is 224 g/mol. The maximum atomic E-state index is 13.7. The summed E-state index contributed by atoms with van der Waals surface area (Å²) in [7, 11) is 1.50. The molecule has 0 atom stereocenters. The van der Waals surface area contributed by atoms with Gasteiger partial charge in [0.15, 0.2) is 0 Å². The van der Waals surface area contributed by atoms with Crippen molar-refractivity contribution >= 4 is 11.6 Å². The van der Waals surface area contributed by atoms with Crippen LogP contribution < -0.4 is 15.4 Å². The van der Waals surface area contributed by atoms with E-state index >= 15 is 0 Å². The molecule has 0 aromatic heterocycles. The molecule has 0 bridgehead atoms. The Balaban J connectivity index is 2.51. The predicted octanol–water partition coefficient (Wildman–Crippen LogP) is 0.682. The van der Waals surface area contributed by atoms with Crippen LogP contribution in [0.5, 0.6) is 5.75 Å². The van der Waals surface area contributed by atoms with E-state index in [1.54, 1.807) is 0 Å². The Kier molecular flexibility index (Phi) is 2.78. The first-order chi connectivity index (χ1) is 7.69. The molecule has 0 unspecified atom stereocenters. The molecule has 1 aromatic rings. The Hall–Kier alpha value is -1.62. The molecule has 4 nitrogen and oxygen atoms in total. The first-order valence-electron chi connectivity index (χ1n) is 5.04. The molecule has 16 heavy (non-hydrogen) atoms. The lowest BCUT2D eigenvalue weighted by Gasteiger charge is -2.17. The smallest absolute Gasteiger partial charge is 0.231 e. The molecule has 1 aliphatic rings. The summed E-state index contributed by atoms with van der Waals surface area (Å²) in [5, 5.41) is 0. The lowest BCUT2D eigenvalue weighted by Crippen LogP contribution is -2.32. The van der Waals surface area contributed by atoms with Crippen molar-refractivity contribution in [3.63, 3.8) is 0 Å². The van der Waals surface area contributed by atoms with Crippen molar-refractivity contribution in [3.8, 4) is 5.75 Å². The number of rotatable bonds is 3. The second kappa shape index (κ2) is 4.09. The van der Waals surface area contributed by atoms with E-state index in [0.717, 1.165) is 0 Å². The van der Waals surface area contributed by atoms with E-state index in [-0.39, 0.29) is 12.3 Å². The molecule has 1 amide bonds. The highest BCUT2D eigenvalue weighted by molar-refractivity contribution is 6.02. The van der Waals surface area contributed by atoms with Crippen LogP contribution in [-0.2, 0) is 11.2 Å². The fourth-order valence-electron chi connectivity index (χ4n) is 1.98. The maximum absolute atomic E-state index is 13.7. The van der Waals surface area contributed by atoms with Gasteiger partial charge in [-0.2, -0.15) is 0 Å². The third-order valence-corrected chi connectivity index (χ3v) is 2.66. The van der Waals surface area contributed by atoms with Crippen molar-refractivity contribution in [2.24, 2.45) is 5.73 Å². The van der Waals surface area contributed by atoms with E-state index in [4.69, 9.17) is 10.5 Å². The van der Waals surface area contributed by atoms with Crippen molar-refractivity contribution in [3.05, 3.63) is 23.5 Å². The second-order valence-corrected chi connectivity index (χ2v) is 3.59. The van der Waals surface area contributed by atoms with Gasteiger partial charge in [-0.05, 0) is 12.1 Å². The van der Waals surface area contributed by atoms with Crippen LogP contribution in [0.4, 0.5) is 10.1 Å². The van der Waals surface area contributed by atoms with Crippen LogP contribution in [0.15, 0.2) is 12.1 Å². The monoisotopic (exact) mass is 224 g/mol. The highest BCUT2D eigenvalue weighted by Crippen LogP contribution is 2.37. The topological polar surface area (TPSA) is 55.6 Å². The van der Waals surface area contributed by atoms with E-state index in [0.29, 0.717) is 30.1 Å². The minimum Gasteiger partial charge on any atom is -0.496 e. The van der Waals surface area contributed by atoms with E-state index in [1.165, 1.54) is 24.1 Å². The minimum absolute atomic E-state index is 0.135. The van der Waals surface area contributed by atoms with Crippen LogP contribution in [0.3, 0.4) is 0 Å². The highest BCUT2D eigenvalue weighted by atomic mass is 19.1. The molecule has 5 heteroatoms. The predicted molar refractivity (Wildman–Crippen MR) is 58.1 cm³/mol. The van der Waals surface area contributed by atoms with Gasteiger partial charge in [0.25, 0.3) is 0 Å². The van der Waals surface area contributed by atoms with Gasteiger partial charge in [0.05, 0.1) is 19.2 Å². The Bertz CT molecular complexity index is 434. The summed E-state index contributed by atoms with van der Waals surface area (Å²) in [4.78, 5) is 13.1. The van der Waals surface area contributed by atoms with Crippen molar-refractivity contribution in [2.45, 2.75) is 6.42 Å². The number of methoxy groups -OCH3 is 1. The molecule has 1 heterocycles. The standard InChI is InChI=1S/C11H13FN2O2/c1-16-9-3-2-8(12)11-7(9)6-10(15)14(11)5-4-13/h2-3H,4-6,13H2,1H3. The molecular weight excluding hydrogens is 211 g/mol. The molecule has 0 aliphatic carbocycles. The first-order valence-corrected chi connectivity index (χ1v) is 5.04. The number of hydrogen-bond acceptors (Lipinski definition) is 3. The van der Waals surface area contributed by atoms with Crippen LogP contribution in [0, 0.1) is 5.82 Å². The number of benzene rings is 1.